The van der Waals surface area contributed by atoms with Crippen molar-refractivity contribution in [2.45, 2.75) is 126 Å². The van der Waals surface area contributed by atoms with E-state index in [2.05, 4.69) is 18.2 Å². The van der Waals surface area contributed by atoms with Crippen LogP contribution in [-0.2, 0) is 31.8 Å². The summed E-state index contributed by atoms with van der Waals surface area (Å²) in [4.78, 5) is 0. The van der Waals surface area contributed by atoms with Gasteiger partial charge in [-0.15, -0.1) is 0 Å². The third-order valence-corrected chi connectivity index (χ3v) is 13.8. The molecule has 0 heterocycles. The zero-order valence-corrected chi connectivity index (χ0v) is 32.9. The number of fused-ring (bicyclic) bond motifs is 5. The molecule has 3 nitrogen and oxygen atoms in total. The Morgan fingerprint density at radius 1 is 0.600 bits per heavy atom. The first-order valence-corrected chi connectivity index (χ1v) is 20.7. The minimum absolute atomic E-state index is 0.0746. The highest BCUT2D eigenvalue weighted by Gasteiger charge is 2.55. The van der Waals surface area contributed by atoms with E-state index in [1.54, 1.807) is 36.4 Å². The Morgan fingerprint density at radius 2 is 1.09 bits per heavy atom. The van der Waals surface area contributed by atoms with Crippen LogP contribution >= 0.6 is 0 Å². The smallest absolute Gasteiger partial charge is 0.286 e. The zero-order valence-electron chi connectivity index (χ0n) is 32.1. The van der Waals surface area contributed by atoms with Gasteiger partial charge in [0.2, 0.25) is 0 Å². The van der Waals surface area contributed by atoms with Crippen molar-refractivity contribution in [2.24, 2.45) is 0 Å². The number of hydrogen-bond acceptors (Lipinski definition) is 2. The van der Waals surface area contributed by atoms with Crippen LogP contribution in [0.2, 0.25) is 0 Å². The average molecular weight is 785 g/mol. The lowest BCUT2D eigenvalue weighted by Crippen LogP contribution is -2.41. The van der Waals surface area contributed by atoms with Crippen molar-refractivity contribution in [3.63, 3.8) is 0 Å². The van der Waals surface area contributed by atoms with E-state index in [0.717, 1.165) is 68.2 Å². The van der Waals surface area contributed by atoms with Crippen LogP contribution in [0.5, 0.6) is 0 Å². The summed E-state index contributed by atoms with van der Waals surface area (Å²) >= 11 is 0. The molecular formula is C45H50F6O3S. The van der Waals surface area contributed by atoms with E-state index < -0.39 is 44.5 Å². The molecule has 296 valence electrons. The summed E-state index contributed by atoms with van der Waals surface area (Å²) in [7, 11) is -4.14. The average Bonchev–Trinajstić information content (AvgIpc) is 3.37. The van der Waals surface area contributed by atoms with Crippen molar-refractivity contribution in [1.82, 2.24) is 0 Å². The quantitative estimate of drug-likeness (QED) is 0.0936. The first kappa shape index (κ1) is 41.0. The molecular weight excluding hydrogens is 735 g/mol. The van der Waals surface area contributed by atoms with Gasteiger partial charge in [0.05, 0.1) is 11.2 Å². The lowest BCUT2D eigenvalue weighted by molar-refractivity contribution is -0.180. The van der Waals surface area contributed by atoms with Crippen molar-refractivity contribution in [3.05, 3.63) is 129 Å². The molecule has 0 saturated heterocycles. The van der Waals surface area contributed by atoms with E-state index in [9.17, 15) is 26.1 Å². The molecule has 0 amide bonds. The minimum atomic E-state index is -4.65. The third kappa shape index (κ3) is 7.38. The fourth-order valence-electron chi connectivity index (χ4n) is 9.09. The van der Waals surface area contributed by atoms with Gasteiger partial charge in [0.15, 0.2) is 0 Å². The number of rotatable bonds is 11. The second-order valence-electron chi connectivity index (χ2n) is 16.8. The first-order chi connectivity index (χ1) is 25.5. The first-order valence-electron chi connectivity index (χ1n) is 19.1. The van der Waals surface area contributed by atoms with E-state index in [4.69, 9.17) is 0 Å². The molecule has 2 atom stereocenters. The van der Waals surface area contributed by atoms with Crippen LogP contribution in [-0.4, -0.2) is 31.1 Å². The van der Waals surface area contributed by atoms with Crippen molar-refractivity contribution in [2.75, 3.05) is 5.75 Å². The SMILES string of the molecule is Cc1ccc2c(c1)C1(CCCCC1)c1cc(C(C)(c3ccc(C(C)(CCCCCS(=O)(=O)O)c4ccc(C(C)(C)C(F)(F)F)cc4)cc3)C(F)(F)F)ccc1-2. The van der Waals surface area contributed by atoms with Gasteiger partial charge in [-0.1, -0.05) is 130 Å². The molecule has 2 aliphatic rings. The normalized spacial score (nSPS) is 18.0. The third-order valence-electron chi connectivity index (χ3n) is 13.0. The number of halogens is 6. The Morgan fingerprint density at radius 3 is 1.62 bits per heavy atom. The molecule has 6 rings (SSSR count). The molecule has 4 aromatic rings. The van der Waals surface area contributed by atoms with Crippen LogP contribution in [0.1, 0.15) is 130 Å². The van der Waals surface area contributed by atoms with Crippen molar-refractivity contribution in [3.8, 4) is 11.1 Å². The van der Waals surface area contributed by atoms with Gasteiger partial charge < -0.3 is 0 Å². The molecule has 0 radical (unpaired) electrons. The maximum atomic E-state index is 15.6. The van der Waals surface area contributed by atoms with Crippen molar-refractivity contribution in [1.29, 1.82) is 0 Å². The van der Waals surface area contributed by atoms with Crippen molar-refractivity contribution >= 4 is 10.1 Å². The number of unbranched alkanes of at least 4 members (excludes halogenated alkanes) is 2. The molecule has 1 N–H and O–H groups in total. The highest BCUT2D eigenvalue weighted by Crippen LogP contribution is 2.58. The van der Waals surface area contributed by atoms with Gasteiger partial charge in [-0.05, 0) is 103 Å². The summed E-state index contributed by atoms with van der Waals surface area (Å²) < 4.78 is 120. The maximum Gasteiger partial charge on any atom is 0.402 e. The Balaban J connectivity index is 1.39. The highest BCUT2D eigenvalue weighted by molar-refractivity contribution is 7.85. The number of alkyl halides is 6. The van der Waals surface area contributed by atoms with Gasteiger partial charge >= 0.3 is 12.4 Å². The van der Waals surface area contributed by atoms with E-state index in [1.807, 2.05) is 19.9 Å². The van der Waals surface area contributed by atoms with Crippen molar-refractivity contribution < 1.29 is 39.3 Å². The van der Waals surface area contributed by atoms with E-state index in [-0.39, 0.29) is 28.5 Å². The summed E-state index contributed by atoms with van der Waals surface area (Å²) in [6.07, 6.45) is -2.64. The zero-order chi connectivity index (χ0) is 40.2. The molecule has 1 saturated carbocycles. The van der Waals surface area contributed by atoms with Gasteiger partial charge in [-0.2, -0.15) is 34.8 Å². The van der Waals surface area contributed by atoms with Crippen LogP contribution < -0.4 is 0 Å². The second-order valence-corrected chi connectivity index (χ2v) is 18.4. The molecule has 1 fully saturated rings. The fraction of sp³-hybridized carbons (Fsp3) is 0.467. The number of aryl methyl sites for hydroxylation is 1. The summed E-state index contributed by atoms with van der Waals surface area (Å²) in [5.74, 6) is -0.398. The van der Waals surface area contributed by atoms with Gasteiger partial charge in [-0.25, -0.2) is 0 Å². The van der Waals surface area contributed by atoms with Gasteiger partial charge in [-0.3, -0.25) is 4.55 Å². The predicted octanol–water partition coefficient (Wildman–Crippen LogP) is 12.7. The lowest BCUT2D eigenvalue weighted by atomic mass is 9.66. The summed E-state index contributed by atoms with van der Waals surface area (Å²) in [6, 6.07) is 24.2. The summed E-state index contributed by atoms with van der Waals surface area (Å²) in [6.45, 7) is 7.42. The molecule has 10 heteroatoms. The predicted molar refractivity (Wildman–Crippen MR) is 206 cm³/mol. The van der Waals surface area contributed by atoms with Gasteiger partial charge in [0.25, 0.3) is 10.1 Å². The molecule has 0 aromatic heterocycles. The largest absolute Gasteiger partial charge is 0.402 e. The van der Waals surface area contributed by atoms with Crippen LogP contribution in [0.15, 0.2) is 84.9 Å². The van der Waals surface area contributed by atoms with E-state index in [0.29, 0.717) is 30.4 Å². The van der Waals surface area contributed by atoms with E-state index >= 15 is 13.2 Å². The Labute approximate surface area is 321 Å². The van der Waals surface area contributed by atoms with Crippen LogP contribution in [0.3, 0.4) is 0 Å². The molecule has 0 bridgehead atoms. The van der Waals surface area contributed by atoms with Crippen LogP contribution in [0.25, 0.3) is 11.1 Å². The van der Waals surface area contributed by atoms with E-state index in [1.165, 1.54) is 36.8 Å². The second kappa shape index (κ2) is 14.4. The molecule has 4 aromatic carbocycles. The number of benzene rings is 4. The van der Waals surface area contributed by atoms with Gasteiger partial charge in [0, 0.05) is 10.8 Å². The molecule has 1 spiro atoms. The standard InChI is InChI=1S/C45H50F6O3S/c1-30-12-22-36-37-23-21-35(29-39(37)43(38(36)28-30)25-9-6-10-26-43)42(5,45(49,50)51)34-19-17-33(18-20-34)41(4,24-8-7-11-27-55(52,53)54)32-15-13-31(14-16-32)40(2,3)44(46,47)48/h12-23,28-29H,6-11,24-27H2,1-5H3,(H,52,53,54). The highest BCUT2D eigenvalue weighted by atomic mass is 32.2. The summed E-state index contributed by atoms with van der Waals surface area (Å²) in [5, 5.41) is 0. The Kier molecular flexibility index (Phi) is 10.7. The number of hydrogen-bond donors (Lipinski definition) is 1. The molecule has 0 aliphatic heterocycles. The fourth-order valence-corrected chi connectivity index (χ4v) is 9.66. The topological polar surface area (TPSA) is 54.4 Å². The molecule has 2 aliphatic carbocycles. The maximum absolute atomic E-state index is 15.6. The Bertz CT molecular complexity index is 2130. The summed E-state index contributed by atoms with van der Waals surface area (Å²) in [5.41, 5.74) is 1.48. The monoisotopic (exact) mass is 784 g/mol. The van der Waals surface area contributed by atoms with Crippen LogP contribution in [0, 0.1) is 6.92 Å². The Hall–Kier alpha value is -3.63. The van der Waals surface area contributed by atoms with Crippen LogP contribution in [0.4, 0.5) is 26.3 Å². The molecule has 2 unspecified atom stereocenters. The molecule has 55 heavy (non-hydrogen) atoms. The van der Waals surface area contributed by atoms with Gasteiger partial charge in [0.1, 0.15) is 5.41 Å². The minimum Gasteiger partial charge on any atom is -0.286 e. The lowest BCUT2D eigenvalue weighted by Gasteiger charge is -2.38.